The number of aliphatic hydroxyl groups excluding tert-OH is 2. The average molecular weight is 218 g/mol. The molecule has 2 atom stereocenters. The Labute approximate surface area is 88.7 Å². The molecule has 0 spiro atoms. The maximum Gasteiger partial charge on any atom is 0.229 e. The zero-order valence-electron chi connectivity index (χ0n) is 8.99. The van der Waals surface area contributed by atoms with E-state index in [1.807, 2.05) is 0 Å². The minimum absolute atomic E-state index is 0.166. The minimum Gasteiger partial charge on any atom is -0.394 e. The van der Waals surface area contributed by atoms with Crippen LogP contribution in [0.5, 0.6) is 0 Å². The van der Waals surface area contributed by atoms with E-state index >= 15 is 0 Å². The molecule has 6 nitrogen and oxygen atoms in total. The second kappa shape index (κ2) is 7.19. The van der Waals surface area contributed by atoms with Crippen molar-refractivity contribution in [1.82, 2.24) is 10.6 Å². The van der Waals surface area contributed by atoms with Gasteiger partial charge in [0, 0.05) is 12.1 Å². The highest BCUT2D eigenvalue weighted by Crippen LogP contribution is 1.87. The van der Waals surface area contributed by atoms with Gasteiger partial charge in [0.1, 0.15) is 6.42 Å². The lowest BCUT2D eigenvalue weighted by atomic mass is 10.3. The Morgan fingerprint density at radius 2 is 1.33 bits per heavy atom. The average Bonchev–Trinajstić information content (AvgIpc) is 2.16. The molecule has 0 saturated heterocycles. The number of aliphatic hydroxyl groups is 2. The van der Waals surface area contributed by atoms with Gasteiger partial charge < -0.3 is 20.8 Å². The lowest BCUT2D eigenvalue weighted by Gasteiger charge is -2.12. The smallest absolute Gasteiger partial charge is 0.229 e. The molecule has 0 rings (SSSR count). The highest BCUT2D eigenvalue weighted by Gasteiger charge is 2.12. The lowest BCUT2D eigenvalue weighted by Crippen LogP contribution is -2.41. The Bertz CT molecular complexity index is 198. The molecule has 0 aromatic heterocycles. The van der Waals surface area contributed by atoms with Crippen molar-refractivity contribution in [3.8, 4) is 0 Å². The van der Waals surface area contributed by atoms with Crippen LogP contribution in [0.1, 0.15) is 20.3 Å². The van der Waals surface area contributed by atoms with Crippen LogP contribution in [0.2, 0.25) is 0 Å². The molecule has 0 unspecified atom stereocenters. The van der Waals surface area contributed by atoms with E-state index in [2.05, 4.69) is 10.6 Å². The predicted octanol–water partition coefficient (Wildman–Crippen LogP) is -1.63. The van der Waals surface area contributed by atoms with E-state index in [4.69, 9.17) is 10.2 Å². The monoisotopic (exact) mass is 218 g/mol. The minimum atomic E-state index is -0.445. The van der Waals surface area contributed by atoms with Gasteiger partial charge in [-0.25, -0.2) is 0 Å². The van der Waals surface area contributed by atoms with Gasteiger partial charge in [-0.15, -0.1) is 0 Å². The van der Waals surface area contributed by atoms with E-state index in [0.717, 1.165) is 0 Å². The summed E-state index contributed by atoms with van der Waals surface area (Å²) in [6, 6.07) is -0.721. The fraction of sp³-hybridized carbons (Fsp3) is 0.778. The van der Waals surface area contributed by atoms with Gasteiger partial charge in [0.05, 0.1) is 13.2 Å². The molecule has 0 aromatic rings. The van der Waals surface area contributed by atoms with E-state index in [-0.39, 0.29) is 31.7 Å². The molecule has 0 aliphatic rings. The number of carbonyl (C=O) groups is 2. The molecule has 0 radical (unpaired) electrons. The third-order valence-corrected chi connectivity index (χ3v) is 1.68. The predicted molar refractivity (Wildman–Crippen MR) is 54.0 cm³/mol. The summed E-state index contributed by atoms with van der Waals surface area (Å²) in [5.74, 6) is -0.890. The van der Waals surface area contributed by atoms with Crippen molar-refractivity contribution < 1.29 is 19.8 Å². The summed E-state index contributed by atoms with van der Waals surface area (Å²) in [6.45, 7) is 2.93. The summed E-state index contributed by atoms with van der Waals surface area (Å²) in [6.07, 6.45) is -0.297. The van der Waals surface area contributed by atoms with Gasteiger partial charge in [0.15, 0.2) is 0 Å². The largest absolute Gasteiger partial charge is 0.394 e. The molecule has 6 heteroatoms. The standard InChI is InChI=1S/C9H18N2O4/c1-6(4-12)10-8(14)3-9(15)11-7(2)5-13/h6-7,12-13H,3-5H2,1-2H3,(H,10,14)(H,11,15)/t6-,7-/m1/s1. The van der Waals surface area contributed by atoms with E-state index in [9.17, 15) is 9.59 Å². The quantitative estimate of drug-likeness (QED) is 0.402. The Hall–Kier alpha value is -1.14. The molecule has 0 heterocycles. The maximum absolute atomic E-state index is 11.1. The van der Waals surface area contributed by atoms with Gasteiger partial charge in [0.25, 0.3) is 0 Å². The van der Waals surface area contributed by atoms with Gasteiger partial charge in [-0.2, -0.15) is 0 Å². The van der Waals surface area contributed by atoms with Crippen LogP contribution in [0.3, 0.4) is 0 Å². The molecule has 0 saturated carbocycles. The first kappa shape index (κ1) is 13.9. The summed E-state index contributed by atoms with van der Waals surface area (Å²) in [5, 5.41) is 22.2. The SMILES string of the molecule is C[C@H](CO)NC(=O)CC(=O)N[C@H](C)CO. The number of hydrogen-bond acceptors (Lipinski definition) is 4. The summed E-state index contributed by atoms with van der Waals surface area (Å²) >= 11 is 0. The molecular formula is C9H18N2O4. The van der Waals surface area contributed by atoms with Gasteiger partial charge in [0.2, 0.25) is 11.8 Å². The van der Waals surface area contributed by atoms with Crippen molar-refractivity contribution in [3.63, 3.8) is 0 Å². The Morgan fingerprint density at radius 1 is 1.00 bits per heavy atom. The molecule has 0 aliphatic carbocycles. The van der Waals surface area contributed by atoms with E-state index in [1.165, 1.54) is 0 Å². The highest BCUT2D eigenvalue weighted by molar-refractivity contribution is 5.97. The van der Waals surface area contributed by atoms with Crippen molar-refractivity contribution in [2.24, 2.45) is 0 Å². The van der Waals surface area contributed by atoms with Crippen LogP contribution in [0.4, 0.5) is 0 Å². The number of nitrogens with one attached hydrogen (secondary N) is 2. The second-order valence-corrected chi connectivity index (χ2v) is 3.48. The van der Waals surface area contributed by atoms with E-state index in [1.54, 1.807) is 13.8 Å². The molecule has 0 bridgehead atoms. The van der Waals surface area contributed by atoms with Crippen LogP contribution >= 0.6 is 0 Å². The first-order valence-electron chi connectivity index (χ1n) is 4.80. The molecule has 4 N–H and O–H groups in total. The zero-order valence-corrected chi connectivity index (χ0v) is 8.99. The van der Waals surface area contributed by atoms with E-state index < -0.39 is 11.8 Å². The van der Waals surface area contributed by atoms with Crippen molar-refractivity contribution in [2.45, 2.75) is 32.4 Å². The van der Waals surface area contributed by atoms with Crippen LogP contribution in [-0.2, 0) is 9.59 Å². The summed E-state index contributed by atoms with van der Waals surface area (Å²) < 4.78 is 0. The Morgan fingerprint density at radius 3 is 1.60 bits per heavy atom. The molecule has 0 aliphatic heterocycles. The van der Waals surface area contributed by atoms with Crippen molar-refractivity contribution >= 4 is 11.8 Å². The van der Waals surface area contributed by atoms with Crippen LogP contribution in [0, 0.1) is 0 Å². The number of carbonyl (C=O) groups excluding carboxylic acids is 2. The maximum atomic E-state index is 11.1. The normalized spacial score (nSPS) is 14.1. The zero-order chi connectivity index (χ0) is 11.8. The van der Waals surface area contributed by atoms with Crippen molar-refractivity contribution in [3.05, 3.63) is 0 Å². The van der Waals surface area contributed by atoms with Crippen molar-refractivity contribution in [1.29, 1.82) is 0 Å². The Balaban J connectivity index is 3.81. The molecular weight excluding hydrogens is 200 g/mol. The van der Waals surface area contributed by atoms with Crippen LogP contribution < -0.4 is 10.6 Å². The molecule has 2 amide bonds. The van der Waals surface area contributed by atoms with Crippen LogP contribution in [0.15, 0.2) is 0 Å². The summed E-state index contributed by atoms with van der Waals surface area (Å²) in [7, 11) is 0. The van der Waals surface area contributed by atoms with E-state index in [0.29, 0.717) is 0 Å². The Kier molecular flexibility index (Phi) is 6.64. The molecule has 88 valence electrons. The topological polar surface area (TPSA) is 98.7 Å². The highest BCUT2D eigenvalue weighted by atomic mass is 16.3. The fourth-order valence-corrected chi connectivity index (χ4v) is 0.889. The summed E-state index contributed by atoms with van der Waals surface area (Å²) in [4.78, 5) is 22.3. The first-order valence-corrected chi connectivity index (χ1v) is 4.80. The van der Waals surface area contributed by atoms with Gasteiger partial charge in [-0.05, 0) is 13.8 Å². The third kappa shape index (κ3) is 6.87. The van der Waals surface area contributed by atoms with Gasteiger partial charge in [-0.1, -0.05) is 0 Å². The molecule has 0 fully saturated rings. The number of hydrogen-bond donors (Lipinski definition) is 4. The molecule has 0 aromatic carbocycles. The van der Waals surface area contributed by atoms with Crippen molar-refractivity contribution in [2.75, 3.05) is 13.2 Å². The number of amides is 2. The summed E-state index contributed by atoms with van der Waals surface area (Å²) in [5.41, 5.74) is 0. The first-order chi connectivity index (χ1) is 6.99. The lowest BCUT2D eigenvalue weighted by molar-refractivity contribution is -0.130. The second-order valence-electron chi connectivity index (χ2n) is 3.48. The fourth-order valence-electron chi connectivity index (χ4n) is 0.889. The van der Waals surface area contributed by atoms with Gasteiger partial charge >= 0.3 is 0 Å². The number of rotatable bonds is 6. The van der Waals surface area contributed by atoms with Gasteiger partial charge in [-0.3, -0.25) is 9.59 Å². The third-order valence-electron chi connectivity index (χ3n) is 1.68. The van der Waals surface area contributed by atoms with Crippen LogP contribution in [0.25, 0.3) is 0 Å². The molecule has 15 heavy (non-hydrogen) atoms. The van der Waals surface area contributed by atoms with Crippen LogP contribution in [-0.4, -0.2) is 47.3 Å².